The predicted molar refractivity (Wildman–Crippen MR) is 124 cm³/mol. The molecule has 1 heterocycles. The van der Waals surface area contributed by atoms with E-state index in [-0.39, 0.29) is 11.1 Å². The zero-order chi connectivity index (χ0) is 21.5. The van der Waals surface area contributed by atoms with Crippen LogP contribution in [0.2, 0.25) is 0 Å². The van der Waals surface area contributed by atoms with Crippen molar-refractivity contribution in [3.8, 4) is 11.5 Å². The van der Waals surface area contributed by atoms with Crippen molar-refractivity contribution in [3.05, 3.63) is 75.6 Å². The Morgan fingerprint density at radius 3 is 2.63 bits per heavy atom. The third kappa shape index (κ3) is 5.34. The van der Waals surface area contributed by atoms with Gasteiger partial charge in [0.1, 0.15) is 6.61 Å². The fourth-order valence-electron chi connectivity index (χ4n) is 2.95. The Morgan fingerprint density at radius 1 is 1.17 bits per heavy atom. The van der Waals surface area contributed by atoms with E-state index < -0.39 is 0 Å². The molecule has 0 N–H and O–H groups in total. The van der Waals surface area contributed by atoms with Crippen LogP contribution in [0.5, 0.6) is 11.5 Å². The number of carbonyl (C=O) groups is 2. The molecular formula is C23H22BrNO4S. The molecule has 2 aromatic carbocycles. The Morgan fingerprint density at radius 2 is 1.93 bits per heavy atom. The topological polar surface area (TPSA) is 55.8 Å². The van der Waals surface area contributed by atoms with E-state index in [4.69, 9.17) is 9.47 Å². The van der Waals surface area contributed by atoms with Gasteiger partial charge in [-0.3, -0.25) is 14.5 Å². The average Bonchev–Trinajstić information content (AvgIpc) is 2.99. The number of imide groups is 1. The zero-order valence-electron chi connectivity index (χ0n) is 16.6. The number of rotatable bonds is 9. The van der Waals surface area contributed by atoms with Gasteiger partial charge in [-0.1, -0.05) is 43.0 Å². The maximum Gasteiger partial charge on any atom is 0.293 e. The van der Waals surface area contributed by atoms with Crippen LogP contribution in [0.3, 0.4) is 0 Å². The van der Waals surface area contributed by atoms with Crippen molar-refractivity contribution in [2.75, 3.05) is 19.8 Å². The molecule has 1 aliphatic heterocycles. The molecule has 0 radical (unpaired) electrons. The second-order valence-electron chi connectivity index (χ2n) is 6.43. The Labute approximate surface area is 188 Å². The van der Waals surface area contributed by atoms with Gasteiger partial charge in [-0.05, 0) is 70.4 Å². The molecule has 0 aromatic heterocycles. The Bertz CT molecular complexity index is 975. The Kier molecular flexibility index (Phi) is 7.76. The van der Waals surface area contributed by atoms with E-state index in [2.05, 4.69) is 22.5 Å². The van der Waals surface area contributed by atoms with Crippen LogP contribution in [-0.4, -0.2) is 35.8 Å². The quantitative estimate of drug-likeness (QED) is 0.335. The molecule has 1 saturated heterocycles. The standard InChI is InChI=1S/C23H22BrNO4S/c1-3-12-29-21-18(24)13-17(14-19(21)28-4-2)15-20-22(26)25(23(27)30-20)11-10-16-8-6-5-7-9-16/h3,5-9,13-15H,1,4,10-12H2,2H3/b20-15-. The highest BCUT2D eigenvalue weighted by Crippen LogP contribution is 2.39. The molecule has 0 atom stereocenters. The molecule has 3 rings (SSSR count). The summed E-state index contributed by atoms with van der Waals surface area (Å²) in [6, 6.07) is 13.4. The summed E-state index contributed by atoms with van der Waals surface area (Å²) in [5.41, 5.74) is 1.82. The summed E-state index contributed by atoms with van der Waals surface area (Å²) in [5, 5.41) is -0.253. The van der Waals surface area contributed by atoms with Crippen LogP contribution in [-0.2, 0) is 11.2 Å². The van der Waals surface area contributed by atoms with Crippen molar-refractivity contribution < 1.29 is 19.1 Å². The molecular weight excluding hydrogens is 466 g/mol. The van der Waals surface area contributed by atoms with Gasteiger partial charge in [0.15, 0.2) is 11.5 Å². The summed E-state index contributed by atoms with van der Waals surface area (Å²) in [7, 11) is 0. The van der Waals surface area contributed by atoms with E-state index >= 15 is 0 Å². The molecule has 0 bridgehead atoms. The number of halogens is 1. The predicted octanol–water partition coefficient (Wildman–Crippen LogP) is 5.69. The Hall–Kier alpha value is -2.51. The van der Waals surface area contributed by atoms with Crippen LogP contribution in [0, 0.1) is 0 Å². The number of amides is 2. The lowest BCUT2D eigenvalue weighted by Crippen LogP contribution is -2.30. The van der Waals surface area contributed by atoms with Crippen molar-refractivity contribution in [1.82, 2.24) is 4.90 Å². The molecule has 0 unspecified atom stereocenters. The van der Waals surface area contributed by atoms with E-state index in [0.29, 0.717) is 47.1 Å². The molecule has 2 aromatic rings. The van der Waals surface area contributed by atoms with Gasteiger partial charge in [0, 0.05) is 6.54 Å². The van der Waals surface area contributed by atoms with Gasteiger partial charge >= 0.3 is 0 Å². The van der Waals surface area contributed by atoms with Gasteiger partial charge in [-0.25, -0.2) is 0 Å². The van der Waals surface area contributed by atoms with E-state index in [1.165, 1.54) is 4.90 Å². The normalized spacial score (nSPS) is 15.0. The van der Waals surface area contributed by atoms with Crippen molar-refractivity contribution in [1.29, 1.82) is 0 Å². The third-order valence-electron chi connectivity index (χ3n) is 4.32. The lowest BCUT2D eigenvalue weighted by Gasteiger charge is -2.14. The largest absolute Gasteiger partial charge is 0.490 e. The highest BCUT2D eigenvalue weighted by atomic mass is 79.9. The number of ether oxygens (including phenoxy) is 2. The van der Waals surface area contributed by atoms with Gasteiger partial charge < -0.3 is 9.47 Å². The fraction of sp³-hybridized carbons (Fsp3) is 0.217. The van der Waals surface area contributed by atoms with Crippen LogP contribution in [0.15, 0.2) is 64.5 Å². The maximum absolute atomic E-state index is 12.8. The van der Waals surface area contributed by atoms with Crippen LogP contribution in [0.1, 0.15) is 18.1 Å². The highest BCUT2D eigenvalue weighted by Gasteiger charge is 2.34. The van der Waals surface area contributed by atoms with Gasteiger partial charge in [0.25, 0.3) is 11.1 Å². The summed E-state index contributed by atoms with van der Waals surface area (Å²) in [5.74, 6) is 0.857. The SMILES string of the molecule is C=CCOc1c(Br)cc(/C=C2\SC(=O)N(CCc3ccccc3)C2=O)cc1OCC. The number of hydrogen-bond acceptors (Lipinski definition) is 5. The minimum Gasteiger partial charge on any atom is -0.490 e. The highest BCUT2D eigenvalue weighted by molar-refractivity contribution is 9.10. The zero-order valence-corrected chi connectivity index (χ0v) is 19.0. The monoisotopic (exact) mass is 487 g/mol. The van der Waals surface area contributed by atoms with Gasteiger partial charge in [0.2, 0.25) is 0 Å². The second kappa shape index (κ2) is 10.5. The summed E-state index contributed by atoms with van der Waals surface area (Å²) >= 11 is 4.45. The summed E-state index contributed by atoms with van der Waals surface area (Å²) in [6.45, 7) is 6.71. The second-order valence-corrected chi connectivity index (χ2v) is 8.28. The fourth-order valence-corrected chi connectivity index (χ4v) is 4.39. The summed E-state index contributed by atoms with van der Waals surface area (Å²) in [4.78, 5) is 26.8. The average molecular weight is 488 g/mol. The Balaban J connectivity index is 1.79. The molecule has 1 aliphatic rings. The summed E-state index contributed by atoms with van der Waals surface area (Å²) in [6.07, 6.45) is 3.99. The molecule has 156 valence electrons. The van der Waals surface area contributed by atoms with Crippen molar-refractivity contribution in [2.24, 2.45) is 0 Å². The third-order valence-corrected chi connectivity index (χ3v) is 5.81. The van der Waals surface area contributed by atoms with Crippen molar-refractivity contribution in [3.63, 3.8) is 0 Å². The number of benzene rings is 2. The lowest BCUT2D eigenvalue weighted by atomic mass is 10.1. The van der Waals surface area contributed by atoms with E-state index in [0.717, 1.165) is 22.9 Å². The molecule has 30 heavy (non-hydrogen) atoms. The minimum atomic E-state index is -0.276. The first-order chi connectivity index (χ1) is 14.5. The molecule has 7 heteroatoms. The number of hydrogen-bond donors (Lipinski definition) is 0. The maximum atomic E-state index is 12.8. The number of nitrogens with zero attached hydrogens (tertiary/aromatic N) is 1. The number of thioether (sulfide) groups is 1. The van der Waals surface area contributed by atoms with Gasteiger partial charge in [0.05, 0.1) is 16.0 Å². The molecule has 1 fully saturated rings. The van der Waals surface area contributed by atoms with Crippen LogP contribution < -0.4 is 9.47 Å². The molecule has 0 spiro atoms. The van der Waals surface area contributed by atoms with Crippen molar-refractivity contribution >= 4 is 44.9 Å². The smallest absolute Gasteiger partial charge is 0.293 e. The molecule has 0 aliphatic carbocycles. The van der Waals surface area contributed by atoms with Gasteiger partial charge in [-0.15, -0.1) is 0 Å². The lowest BCUT2D eigenvalue weighted by molar-refractivity contribution is -0.122. The summed E-state index contributed by atoms with van der Waals surface area (Å²) < 4.78 is 12.1. The van der Waals surface area contributed by atoms with Gasteiger partial charge in [-0.2, -0.15) is 0 Å². The molecule has 0 saturated carbocycles. The van der Waals surface area contributed by atoms with Crippen LogP contribution >= 0.6 is 27.7 Å². The van der Waals surface area contributed by atoms with E-state index in [1.54, 1.807) is 18.2 Å². The first-order valence-corrected chi connectivity index (χ1v) is 11.1. The van der Waals surface area contributed by atoms with Crippen LogP contribution in [0.25, 0.3) is 6.08 Å². The van der Waals surface area contributed by atoms with Crippen LogP contribution in [0.4, 0.5) is 4.79 Å². The number of carbonyl (C=O) groups excluding carboxylic acids is 2. The first-order valence-electron chi connectivity index (χ1n) is 9.52. The minimum absolute atomic E-state index is 0.253. The van der Waals surface area contributed by atoms with Crippen molar-refractivity contribution in [2.45, 2.75) is 13.3 Å². The van der Waals surface area contributed by atoms with E-state index in [1.807, 2.05) is 43.3 Å². The molecule has 5 nitrogen and oxygen atoms in total. The first kappa shape index (κ1) is 22.2. The van der Waals surface area contributed by atoms with E-state index in [9.17, 15) is 9.59 Å². The molecule has 2 amide bonds.